The van der Waals surface area contributed by atoms with E-state index < -0.39 is 24.5 Å². The summed E-state index contributed by atoms with van der Waals surface area (Å²) in [5.41, 5.74) is 3.20. The number of carbonyl (C=O) groups is 1. The van der Waals surface area contributed by atoms with Crippen LogP contribution in [0.15, 0.2) is 30.3 Å². The Balaban J connectivity index is 1.37. The molecule has 2 aromatic rings. The van der Waals surface area contributed by atoms with Gasteiger partial charge in [-0.1, -0.05) is 6.07 Å². The summed E-state index contributed by atoms with van der Waals surface area (Å²) in [4.78, 5) is 21.4. The van der Waals surface area contributed by atoms with E-state index in [1.54, 1.807) is 6.07 Å². The highest BCUT2D eigenvalue weighted by Gasteiger charge is 2.40. The van der Waals surface area contributed by atoms with E-state index in [9.17, 15) is 23.1 Å². The van der Waals surface area contributed by atoms with Crippen LogP contribution in [0.2, 0.25) is 0 Å². The number of anilines is 3. The summed E-state index contributed by atoms with van der Waals surface area (Å²) in [5, 5.41) is 16.3. The van der Waals surface area contributed by atoms with Crippen LogP contribution < -0.4 is 15.5 Å². The van der Waals surface area contributed by atoms with Crippen molar-refractivity contribution in [2.45, 2.75) is 57.3 Å². The highest BCUT2D eigenvalue weighted by Crippen LogP contribution is 2.37. The van der Waals surface area contributed by atoms with Crippen molar-refractivity contribution in [1.82, 2.24) is 9.88 Å². The maximum atomic E-state index is 12.9. The molecule has 0 radical (unpaired) electrons. The van der Waals surface area contributed by atoms with Crippen LogP contribution in [0.25, 0.3) is 11.1 Å². The zero-order valence-corrected chi connectivity index (χ0v) is 22.4. The number of aromatic nitrogens is 1. The lowest BCUT2D eigenvalue weighted by molar-refractivity contribution is -0.143. The minimum absolute atomic E-state index is 0.0970. The number of carbonyl (C=O) groups excluding carboxylic acids is 1. The fourth-order valence-electron chi connectivity index (χ4n) is 5.81. The smallest absolute Gasteiger partial charge is 0.389 e. The van der Waals surface area contributed by atoms with Crippen molar-refractivity contribution in [1.29, 1.82) is 0 Å². The number of morpholine rings is 1. The number of benzene rings is 1. The number of ether oxygens (including phenoxy) is 1. The number of hydrogen-bond donors (Lipinski definition) is 3. The number of amides is 2. The standard InChI is InChI=1S/C28H36F3N5O3/c1-18-3-4-21(32-26(38)36-6-5-19(17-36)14-28(29,30)31)13-23(18)20-11-24(34-27(2)15-22(37)16-27)33-25(12-20)35-7-9-39-10-8-35/h3-4,11-13,19,22,37H,5-10,14-17H2,1-2H3,(H,32,38)(H,33,34)/t19-,22-,27-/m0/s1. The SMILES string of the molecule is Cc1ccc(NC(=O)N2CC[C@@H](CC(F)(F)F)C2)cc1-c1cc(N[C@]2(C)C[C@@H](O)C2)nc(N2CCOCC2)c1. The molecule has 8 nitrogen and oxygen atoms in total. The number of alkyl halides is 3. The second-order valence-electron chi connectivity index (χ2n) is 11.3. The molecule has 3 heterocycles. The molecule has 0 bridgehead atoms. The van der Waals surface area contributed by atoms with Crippen molar-refractivity contribution in [2.24, 2.45) is 5.92 Å². The molecular weight excluding hydrogens is 511 g/mol. The lowest BCUT2D eigenvalue weighted by Crippen LogP contribution is -2.50. The molecule has 1 saturated carbocycles. The molecule has 1 aliphatic carbocycles. The predicted octanol–water partition coefficient (Wildman–Crippen LogP) is 5.03. The van der Waals surface area contributed by atoms with E-state index in [0.717, 1.165) is 35.6 Å². The third-order valence-electron chi connectivity index (χ3n) is 7.84. The van der Waals surface area contributed by atoms with Gasteiger partial charge in [0.1, 0.15) is 11.6 Å². The summed E-state index contributed by atoms with van der Waals surface area (Å²) in [6.07, 6.45) is -3.77. The van der Waals surface area contributed by atoms with Gasteiger partial charge in [0.25, 0.3) is 0 Å². The van der Waals surface area contributed by atoms with Gasteiger partial charge in [-0.3, -0.25) is 0 Å². The van der Waals surface area contributed by atoms with Gasteiger partial charge in [0.2, 0.25) is 0 Å². The first-order valence-corrected chi connectivity index (χ1v) is 13.5. The van der Waals surface area contributed by atoms with Gasteiger partial charge in [-0.2, -0.15) is 13.2 Å². The summed E-state index contributed by atoms with van der Waals surface area (Å²) < 4.78 is 43.9. The Bertz CT molecular complexity index is 1200. The number of likely N-dealkylation sites (tertiary alicyclic amines) is 1. The Morgan fingerprint density at radius 3 is 2.62 bits per heavy atom. The van der Waals surface area contributed by atoms with Crippen LogP contribution in [0, 0.1) is 12.8 Å². The number of urea groups is 1. The van der Waals surface area contributed by atoms with E-state index >= 15 is 0 Å². The number of pyridine rings is 1. The maximum absolute atomic E-state index is 12.9. The van der Waals surface area contributed by atoms with E-state index in [0.29, 0.717) is 50.5 Å². The van der Waals surface area contributed by atoms with Crippen molar-refractivity contribution >= 4 is 23.4 Å². The minimum atomic E-state index is -4.23. The van der Waals surface area contributed by atoms with Crippen LogP contribution in [0.3, 0.4) is 0 Å². The topological polar surface area (TPSA) is 90.0 Å². The molecule has 2 aliphatic heterocycles. The van der Waals surface area contributed by atoms with E-state index in [-0.39, 0.29) is 18.2 Å². The second kappa shape index (κ2) is 10.8. The third-order valence-corrected chi connectivity index (χ3v) is 7.84. The highest BCUT2D eigenvalue weighted by atomic mass is 19.4. The van der Waals surface area contributed by atoms with Crippen molar-refractivity contribution < 1.29 is 27.8 Å². The molecule has 39 heavy (non-hydrogen) atoms. The second-order valence-corrected chi connectivity index (χ2v) is 11.3. The molecule has 1 atom stereocenters. The zero-order valence-electron chi connectivity index (χ0n) is 22.4. The number of nitrogens with one attached hydrogen (secondary N) is 2. The average molecular weight is 548 g/mol. The van der Waals surface area contributed by atoms with Crippen molar-refractivity contribution in [2.75, 3.05) is 54.9 Å². The molecule has 2 amide bonds. The monoisotopic (exact) mass is 547 g/mol. The molecule has 0 unspecified atom stereocenters. The first-order chi connectivity index (χ1) is 18.5. The van der Waals surface area contributed by atoms with Gasteiger partial charge in [0, 0.05) is 43.8 Å². The van der Waals surface area contributed by atoms with Crippen LogP contribution in [-0.2, 0) is 4.74 Å². The molecule has 0 spiro atoms. The first kappa shape index (κ1) is 27.5. The number of aryl methyl sites for hydroxylation is 1. The van der Waals surface area contributed by atoms with Gasteiger partial charge >= 0.3 is 12.2 Å². The molecule has 5 rings (SSSR count). The van der Waals surface area contributed by atoms with Crippen molar-refractivity contribution in [3.8, 4) is 11.1 Å². The summed E-state index contributed by atoms with van der Waals surface area (Å²) in [6.45, 7) is 7.17. The number of halogens is 3. The lowest BCUT2D eigenvalue weighted by Gasteiger charge is -2.43. The number of aliphatic hydroxyl groups is 1. The van der Waals surface area contributed by atoms with Gasteiger partial charge in [-0.25, -0.2) is 9.78 Å². The summed E-state index contributed by atoms with van der Waals surface area (Å²) in [6, 6.07) is 9.25. The van der Waals surface area contributed by atoms with Crippen LogP contribution in [0.4, 0.5) is 35.3 Å². The number of nitrogens with zero attached hydrogens (tertiary/aromatic N) is 3. The van der Waals surface area contributed by atoms with Crippen LogP contribution in [0.5, 0.6) is 0 Å². The third kappa shape index (κ3) is 6.75. The van der Waals surface area contributed by atoms with Gasteiger partial charge in [0.15, 0.2) is 0 Å². The first-order valence-electron chi connectivity index (χ1n) is 13.5. The predicted molar refractivity (Wildman–Crippen MR) is 144 cm³/mol. The Labute approximate surface area is 226 Å². The molecule has 1 aromatic heterocycles. The Morgan fingerprint density at radius 2 is 1.92 bits per heavy atom. The fraction of sp³-hybridized carbons (Fsp3) is 0.571. The maximum Gasteiger partial charge on any atom is 0.389 e. The van der Waals surface area contributed by atoms with Crippen LogP contribution >= 0.6 is 0 Å². The average Bonchev–Trinajstić information content (AvgIpc) is 3.31. The molecule has 1 aromatic carbocycles. The van der Waals surface area contributed by atoms with Crippen LogP contribution in [-0.4, -0.2) is 78.2 Å². The van der Waals surface area contributed by atoms with E-state index in [1.165, 1.54) is 4.90 Å². The molecule has 3 aliphatic rings. The molecule has 3 N–H and O–H groups in total. The van der Waals surface area contributed by atoms with E-state index in [1.807, 2.05) is 31.2 Å². The molecule has 212 valence electrons. The van der Waals surface area contributed by atoms with Crippen molar-refractivity contribution in [3.05, 3.63) is 35.9 Å². The van der Waals surface area contributed by atoms with Gasteiger partial charge < -0.3 is 30.3 Å². The van der Waals surface area contributed by atoms with Gasteiger partial charge in [0.05, 0.1) is 19.3 Å². The number of rotatable bonds is 6. The quantitative estimate of drug-likeness (QED) is 0.471. The summed E-state index contributed by atoms with van der Waals surface area (Å²) >= 11 is 0. The normalized spacial score (nSPS) is 25.4. The summed E-state index contributed by atoms with van der Waals surface area (Å²) in [7, 11) is 0. The van der Waals surface area contributed by atoms with E-state index in [2.05, 4.69) is 22.5 Å². The highest BCUT2D eigenvalue weighted by molar-refractivity contribution is 5.91. The van der Waals surface area contributed by atoms with Crippen molar-refractivity contribution in [3.63, 3.8) is 0 Å². The Morgan fingerprint density at radius 1 is 1.18 bits per heavy atom. The largest absolute Gasteiger partial charge is 0.393 e. The summed E-state index contributed by atoms with van der Waals surface area (Å²) in [5.74, 6) is 0.970. The van der Waals surface area contributed by atoms with Gasteiger partial charge in [-0.15, -0.1) is 0 Å². The fourth-order valence-corrected chi connectivity index (χ4v) is 5.81. The Hall–Kier alpha value is -3.05. The lowest BCUT2D eigenvalue weighted by atomic mass is 9.76. The van der Waals surface area contributed by atoms with Gasteiger partial charge in [-0.05, 0) is 80.0 Å². The minimum Gasteiger partial charge on any atom is -0.393 e. The molecule has 2 saturated heterocycles. The van der Waals surface area contributed by atoms with E-state index in [4.69, 9.17) is 9.72 Å². The zero-order chi connectivity index (χ0) is 27.8. The number of aliphatic hydroxyl groups excluding tert-OH is 1. The molecule has 3 fully saturated rings. The molecule has 11 heteroatoms. The van der Waals surface area contributed by atoms with Crippen LogP contribution in [0.1, 0.15) is 38.2 Å². The number of hydrogen-bond acceptors (Lipinski definition) is 6. The molecular formula is C28H36F3N5O3. The Kier molecular flexibility index (Phi) is 7.65.